The molecule has 0 spiro atoms. The van der Waals surface area contributed by atoms with E-state index in [-0.39, 0.29) is 0 Å². The maximum Gasteiger partial charge on any atom is 0.132 e. The number of hydrogen-bond donors (Lipinski definition) is 1. The molecule has 3 heteroatoms. The van der Waals surface area contributed by atoms with Gasteiger partial charge in [-0.1, -0.05) is 0 Å². The Labute approximate surface area is 83.3 Å². The molecule has 1 fully saturated rings. The van der Waals surface area contributed by atoms with Gasteiger partial charge in [0.05, 0.1) is 0 Å². The average molecular weight is 190 g/mol. The molecule has 1 aromatic rings. The second-order valence-electron chi connectivity index (χ2n) is 3.82. The van der Waals surface area contributed by atoms with Crippen molar-refractivity contribution in [2.24, 2.45) is 0 Å². The summed E-state index contributed by atoms with van der Waals surface area (Å²) < 4.78 is 0. The number of anilines is 1. The summed E-state index contributed by atoms with van der Waals surface area (Å²) in [7, 11) is 0. The van der Waals surface area contributed by atoms with Crippen LogP contribution in [0, 0.1) is 0 Å². The summed E-state index contributed by atoms with van der Waals surface area (Å²) in [6, 6.07) is 1.83. The highest BCUT2D eigenvalue weighted by Gasteiger charge is 2.21. The number of nitrogen functional groups attached to an aromatic ring is 1. The normalized spacial score (nSPS) is 18.4. The van der Waals surface area contributed by atoms with Crippen LogP contribution in [0.1, 0.15) is 37.2 Å². The summed E-state index contributed by atoms with van der Waals surface area (Å²) >= 11 is 0. The fourth-order valence-corrected chi connectivity index (χ4v) is 2.01. The minimum Gasteiger partial charge on any atom is -0.398 e. The van der Waals surface area contributed by atoms with Crippen molar-refractivity contribution in [1.82, 2.24) is 4.98 Å². The second-order valence-corrected chi connectivity index (χ2v) is 3.82. The van der Waals surface area contributed by atoms with Crippen molar-refractivity contribution >= 4 is 11.5 Å². The standard InChI is InChI=1S/C11H14N2O/c12-11-5-6-13-7-10(11)8-1-3-9(14)4-2-8/h5-8H,1-4H2,(H2,12,13). The first kappa shape index (κ1) is 9.19. The molecule has 0 amide bonds. The predicted molar refractivity (Wildman–Crippen MR) is 54.9 cm³/mol. The van der Waals surface area contributed by atoms with Gasteiger partial charge in [-0.05, 0) is 30.4 Å². The van der Waals surface area contributed by atoms with E-state index < -0.39 is 0 Å². The third kappa shape index (κ3) is 1.76. The van der Waals surface area contributed by atoms with Gasteiger partial charge < -0.3 is 5.73 Å². The van der Waals surface area contributed by atoms with E-state index in [1.165, 1.54) is 0 Å². The number of carbonyl (C=O) groups is 1. The lowest BCUT2D eigenvalue weighted by Gasteiger charge is -2.21. The molecule has 0 saturated heterocycles. The molecule has 0 bridgehead atoms. The minimum absolute atomic E-state index is 0.378. The van der Waals surface area contributed by atoms with Crippen molar-refractivity contribution in [3.8, 4) is 0 Å². The van der Waals surface area contributed by atoms with Gasteiger partial charge in [-0.25, -0.2) is 0 Å². The highest BCUT2D eigenvalue weighted by Crippen LogP contribution is 2.33. The first-order valence-corrected chi connectivity index (χ1v) is 4.98. The summed E-state index contributed by atoms with van der Waals surface area (Å²) in [4.78, 5) is 15.2. The monoisotopic (exact) mass is 190 g/mol. The molecule has 2 N–H and O–H groups in total. The Balaban J connectivity index is 2.16. The zero-order chi connectivity index (χ0) is 9.97. The molecule has 1 aliphatic carbocycles. The highest BCUT2D eigenvalue weighted by molar-refractivity contribution is 5.79. The second kappa shape index (κ2) is 3.78. The van der Waals surface area contributed by atoms with Gasteiger partial charge in [-0.15, -0.1) is 0 Å². The van der Waals surface area contributed by atoms with Crippen LogP contribution in [0.3, 0.4) is 0 Å². The van der Waals surface area contributed by atoms with Crippen LogP contribution in [0.4, 0.5) is 5.69 Å². The molecular formula is C11H14N2O. The Morgan fingerprint density at radius 1 is 1.36 bits per heavy atom. The number of aromatic nitrogens is 1. The van der Waals surface area contributed by atoms with Crippen molar-refractivity contribution in [3.63, 3.8) is 0 Å². The number of Topliss-reactive ketones (excluding diaryl/α,β-unsaturated/α-hetero) is 1. The van der Waals surface area contributed by atoms with Gasteiger partial charge in [0.15, 0.2) is 0 Å². The molecule has 1 saturated carbocycles. The van der Waals surface area contributed by atoms with Gasteiger partial charge in [0.2, 0.25) is 0 Å². The molecule has 0 unspecified atom stereocenters. The minimum atomic E-state index is 0.378. The average Bonchev–Trinajstić information content (AvgIpc) is 2.20. The molecule has 0 atom stereocenters. The van der Waals surface area contributed by atoms with Crippen molar-refractivity contribution < 1.29 is 4.79 Å². The number of nitrogens with zero attached hydrogens (tertiary/aromatic N) is 1. The predicted octanol–water partition coefficient (Wildman–Crippen LogP) is 1.89. The number of nitrogens with two attached hydrogens (primary N) is 1. The number of carbonyl (C=O) groups excluding carboxylic acids is 1. The SMILES string of the molecule is Nc1ccncc1C1CCC(=O)CC1. The molecule has 14 heavy (non-hydrogen) atoms. The van der Waals surface area contributed by atoms with E-state index in [0.29, 0.717) is 24.5 Å². The van der Waals surface area contributed by atoms with E-state index in [0.717, 1.165) is 24.1 Å². The molecule has 3 nitrogen and oxygen atoms in total. The van der Waals surface area contributed by atoms with Crippen LogP contribution in [0.25, 0.3) is 0 Å². The van der Waals surface area contributed by atoms with Crippen LogP contribution in [-0.4, -0.2) is 10.8 Å². The first-order chi connectivity index (χ1) is 6.77. The van der Waals surface area contributed by atoms with Crippen molar-refractivity contribution in [1.29, 1.82) is 0 Å². The Morgan fingerprint density at radius 3 is 2.71 bits per heavy atom. The third-order valence-electron chi connectivity index (χ3n) is 2.87. The van der Waals surface area contributed by atoms with E-state index in [2.05, 4.69) is 4.98 Å². The fraction of sp³-hybridized carbons (Fsp3) is 0.455. The van der Waals surface area contributed by atoms with Crippen LogP contribution in [0.5, 0.6) is 0 Å². The molecule has 0 aromatic carbocycles. The lowest BCUT2D eigenvalue weighted by Crippen LogP contribution is -2.13. The largest absolute Gasteiger partial charge is 0.398 e. The zero-order valence-corrected chi connectivity index (χ0v) is 8.07. The van der Waals surface area contributed by atoms with Crippen molar-refractivity contribution in [3.05, 3.63) is 24.0 Å². The molecule has 2 rings (SSSR count). The summed E-state index contributed by atoms with van der Waals surface area (Å²) in [5.41, 5.74) is 7.78. The number of hydrogen-bond acceptors (Lipinski definition) is 3. The Bertz CT molecular complexity index is 339. The van der Waals surface area contributed by atoms with Crippen LogP contribution in [0.2, 0.25) is 0 Å². The quantitative estimate of drug-likeness (QED) is 0.735. The zero-order valence-electron chi connectivity index (χ0n) is 8.07. The lowest BCUT2D eigenvalue weighted by molar-refractivity contribution is -0.120. The van der Waals surface area contributed by atoms with Gasteiger partial charge >= 0.3 is 0 Å². The fourth-order valence-electron chi connectivity index (χ4n) is 2.01. The van der Waals surface area contributed by atoms with E-state index in [1.807, 2.05) is 12.3 Å². The van der Waals surface area contributed by atoms with E-state index in [4.69, 9.17) is 5.73 Å². The van der Waals surface area contributed by atoms with Gasteiger partial charge in [0, 0.05) is 30.9 Å². The van der Waals surface area contributed by atoms with Crippen molar-refractivity contribution in [2.75, 3.05) is 5.73 Å². The molecular weight excluding hydrogens is 176 g/mol. The summed E-state index contributed by atoms with van der Waals surface area (Å²) in [6.45, 7) is 0. The summed E-state index contributed by atoms with van der Waals surface area (Å²) in [5.74, 6) is 0.810. The Hall–Kier alpha value is -1.38. The third-order valence-corrected chi connectivity index (χ3v) is 2.87. The first-order valence-electron chi connectivity index (χ1n) is 4.98. The molecule has 1 heterocycles. The summed E-state index contributed by atoms with van der Waals surface area (Å²) in [5, 5.41) is 0. The van der Waals surface area contributed by atoms with Gasteiger partial charge in [-0.3, -0.25) is 9.78 Å². The Morgan fingerprint density at radius 2 is 2.07 bits per heavy atom. The number of rotatable bonds is 1. The van der Waals surface area contributed by atoms with Crippen LogP contribution in [-0.2, 0) is 4.79 Å². The molecule has 0 radical (unpaired) electrons. The lowest BCUT2D eigenvalue weighted by atomic mass is 9.83. The van der Waals surface area contributed by atoms with E-state index in [1.54, 1.807) is 6.20 Å². The Kier molecular flexibility index (Phi) is 2.48. The van der Waals surface area contributed by atoms with Crippen LogP contribution in [0.15, 0.2) is 18.5 Å². The number of ketones is 1. The maximum absolute atomic E-state index is 11.1. The molecule has 0 aliphatic heterocycles. The summed E-state index contributed by atoms with van der Waals surface area (Å²) in [6.07, 6.45) is 6.77. The van der Waals surface area contributed by atoms with Crippen LogP contribution < -0.4 is 5.73 Å². The van der Waals surface area contributed by atoms with Crippen LogP contribution >= 0.6 is 0 Å². The van der Waals surface area contributed by atoms with Gasteiger partial charge in [0.1, 0.15) is 5.78 Å². The molecule has 1 aromatic heterocycles. The number of pyridine rings is 1. The molecule has 1 aliphatic rings. The molecule has 74 valence electrons. The van der Waals surface area contributed by atoms with Gasteiger partial charge in [-0.2, -0.15) is 0 Å². The maximum atomic E-state index is 11.1. The smallest absolute Gasteiger partial charge is 0.132 e. The topological polar surface area (TPSA) is 56.0 Å². The van der Waals surface area contributed by atoms with E-state index >= 15 is 0 Å². The highest BCUT2D eigenvalue weighted by atomic mass is 16.1. The van der Waals surface area contributed by atoms with Gasteiger partial charge in [0.25, 0.3) is 0 Å². The van der Waals surface area contributed by atoms with E-state index in [9.17, 15) is 4.79 Å². The van der Waals surface area contributed by atoms with Crippen molar-refractivity contribution in [2.45, 2.75) is 31.6 Å².